The smallest absolute Gasteiger partial charge is 0.354 e. The highest BCUT2D eigenvalue weighted by atomic mass is 35.5. The van der Waals surface area contributed by atoms with Gasteiger partial charge in [0.05, 0.1) is 12.5 Å². The van der Waals surface area contributed by atoms with E-state index in [2.05, 4.69) is 34.0 Å². The second-order valence-electron chi connectivity index (χ2n) is 7.03. The third-order valence-corrected chi connectivity index (χ3v) is 4.57. The Bertz CT molecular complexity index is 625. The van der Waals surface area contributed by atoms with E-state index < -0.39 is 24.9 Å². The molecule has 1 fully saturated rings. The van der Waals surface area contributed by atoms with Gasteiger partial charge in [0.2, 0.25) is 5.91 Å². The second-order valence-corrected chi connectivity index (χ2v) is 7.03. The lowest BCUT2D eigenvalue weighted by Crippen LogP contribution is -2.42. The number of amides is 1. The average molecular weight is 395 g/mol. The van der Waals surface area contributed by atoms with E-state index in [4.69, 9.17) is 0 Å². The number of aromatic nitrogens is 2. The molecule has 0 unspecified atom stereocenters. The third kappa shape index (κ3) is 6.00. The van der Waals surface area contributed by atoms with E-state index in [1.54, 1.807) is 6.20 Å². The van der Waals surface area contributed by atoms with Crippen LogP contribution in [-0.2, 0) is 4.79 Å². The highest BCUT2D eigenvalue weighted by molar-refractivity contribution is 5.85. The highest BCUT2D eigenvalue weighted by Crippen LogP contribution is 2.29. The number of rotatable bonds is 5. The lowest BCUT2D eigenvalue weighted by Gasteiger charge is -2.22. The lowest BCUT2D eigenvalue weighted by molar-refractivity contribution is -0.144. The monoisotopic (exact) mass is 394 g/mol. The molecule has 0 spiro atoms. The molecule has 0 bridgehead atoms. The van der Waals surface area contributed by atoms with Gasteiger partial charge < -0.3 is 10.2 Å². The molecule has 1 N–H and O–H groups in total. The minimum absolute atomic E-state index is 0. The van der Waals surface area contributed by atoms with Crippen molar-refractivity contribution in [1.82, 2.24) is 15.3 Å². The predicted molar refractivity (Wildman–Crippen MR) is 96.5 cm³/mol. The van der Waals surface area contributed by atoms with Gasteiger partial charge in [0.25, 0.3) is 0 Å². The van der Waals surface area contributed by atoms with Crippen molar-refractivity contribution in [2.45, 2.75) is 52.8 Å². The maximum atomic E-state index is 12.3. The number of anilines is 1. The first-order valence-electron chi connectivity index (χ1n) is 8.48. The van der Waals surface area contributed by atoms with Gasteiger partial charge in [0, 0.05) is 37.2 Å². The van der Waals surface area contributed by atoms with Crippen LogP contribution < -0.4 is 10.2 Å². The summed E-state index contributed by atoms with van der Waals surface area (Å²) in [5.74, 6) is 1.39. The molecule has 9 heteroatoms. The van der Waals surface area contributed by atoms with E-state index in [0.717, 1.165) is 11.4 Å². The van der Waals surface area contributed by atoms with E-state index in [1.807, 2.05) is 13.8 Å². The molecular weight excluding hydrogens is 369 g/mol. The summed E-state index contributed by atoms with van der Waals surface area (Å²) >= 11 is 0. The summed E-state index contributed by atoms with van der Waals surface area (Å²) in [6.07, 6.45) is -4.17. The van der Waals surface area contributed by atoms with Crippen molar-refractivity contribution in [3.8, 4) is 0 Å². The molecule has 1 amide bonds. The number of halogens is 4. The Balaban J connectivity index is 0.00000338. The maximum Gasteiger partial charge on any atom is 0.389 e. The van der Waals surface area contributed by atoms with Crippen molar-refractivity contribution in [2.24, 2.45) is 11.8 Å². The molecule has 2 heterocycles. The van der Waals surface area contributed by atoms with Gasteiger partial charge in [-0.2, -0.15) is 13.2 Å². The molecule has 2 rings (SSSR count). The molecule has 1 saturated heterocycles. The average Bonchev–Trinajstić information content (AvgIpc) is 2.91. The topological polar surface area (TPSA) is 58.1 Å². The summed E-state index contributed by atoms with van der Waals surface area (Å²) in [4.78, 5) is 22.7. The minimum Gasteiger partial charge on any atom is -0.354 e. The van der Waals surface area contributed by atoms with Crippen molar-refractivity contribution < 1.29 is 18.0 Å². The first-order chi connectivity index (χ1) is 11.6. The summed E-state index contributed by atoms with van der Waals surface area (Å²) in [6.45, 7) is 9.10. The molecule has 1 aromatic heterocycles. The van der Waals surface area contributed by atoms with Crippen LogP contribution in [0, 0.1) is 25.7 Å². The zero-order valence-corrected chi connectivity index (χ0v) is 16.2. The second kappa shape index (κ2) is 8.88. The minimum atomic E-state index is -4.31. The fraction of sp³-hybridized carbons (Fsp3) is 0.706. The fourth-order valence-corrected chi connectivity index (χ4v) is 3.20. The van der Waals surface area contributed by atoms with Crippen LogP contribution in [0.15, 0.2) is 6.20 Å². The SMILES string of the molecule is Cc1ncc(C)c(N2C[C@H](NC(=O)CCC(F)(F)F)[C@@H](C(C)C)C2)n1.Cl. The zero-order valence-electron chi connectivity index (χ0n) is 15.4. The third-order valence-electron chi connectivity index (χ3n) is 4.57. The van der Waals surface area contributed by atoms with Crippen LogP contribution in [0.1, 0.15) is 38.1 Å². The number of nitrogens with one attached hydrogen (secondary N) is 1. The van der Waals surface area contributed by atoms with E-state index in [0.29, 0.717) is 24.8 Å². The molecule has 5 nitrogen and oxygen atoms in total. The van der Waals surface area contributed by atoms with Crippen LogP contribution in [0.2, 0.25) is 0 Å². The zero-order chi connectivity index (χ0) is 18.8. The van der Waals surface area contributed by atoms with Crippen LogP contribution in [0.4, 0.5) is 19.0 Å². The Morgan fingerprint density at radius 2 is 2.00 bits per heavy atom. The Labute approximate surface area is 158 Å². The quantitative estimate of drug-likeness (QED) is 0.831. The van der Waals surface area contributed by atoms with Gasteiger partial charge in [0.1, 0.15) is 11.6 Å². The number of carbonyl (C=O) groups excluding carboxylic acids is 1. The number of carbonyl (C=O) groups is 1. The van der Waals surface area contributed by atoms with Crippen molar-refractivity contribution >= 4 is 24.1 Å². The van der Waals surface area contributed by atoms with E-state index in [-0.39, 0.29) is 24.4 Å². The fourth-order valence-electron chi connectivity index (χ4n) is 3.20. The Morgan fingerprint density at radius 3 is 2.58 bits per heavy atom. The summed E-state index contributed by atoms with van der Waals surface area (Å²) in [6, 6.07) is -0.185. The summed E-state index contributed by atoms with van der Waals surface area (Å²) < 4.78 is 36.9. The summed E-state index contributed by atoms with van der Waals surface area (Å²) in [5, 5.41) is 2.79. The number of alkyl halides is 3. The van der Waals surface area contributed by atoms with Gasteiger partial charge in [0.15, 0.2) is 0 Å². The molecule has 0 aromatic carbocycles. The number of nitrogens with zero attached hydrogens (tertiary/aromatic N) is 3. The maximum absolute atomic E-state index is 12.3. The van der Waals surface area contributed by atoms with E-state index >= 15 is 0 Å². The Kier molecular flexibility index (Phi) is 7.68. The summed E-state index contributed by atoms with van der Waals surface area (Å²) in [7, 11) is 0. The standard InChI is InChI=1S/C17H25F3N4O.ClH/c1-10(2)13-8-24(16-11(3)7-21-12(4)22-16)9-14(13)23-15(25)5-6-17(18,19)20;/h7,10,13-14H,5-6,8-9H2,1-4H3,(H,23,25);1H/t13-,14+;/m1./s1. The van der Waals surface area contributed by atoms with Gasteiger partial charge in [-0.05, 0) is 19.8 Å². The highest BCUT2D eigenvalue weighted by Gasteiger charge is 2.37. The van der Waals surface area contributed by atoms with Crippen LogP contribution in [-0.4, -0.2) is 41.2 Å². The molecule has 148 valence electrons. The first kappa shape index (κ1) is 22.5. The number of hydrogen-bond donors (Lipinski definition) is 1. The molecule has 26 heavy (non-hydrogen) atoms. The van der Waals surface area contributed by atoms with Crippen molar-refractivity contribution in [2.75, 3.05) is 18.0 Å². The molecule has 1 aliphatic rings. The van der Waals surface area contributed by atoms with Crippen LogP contribution in [0.25, 0.3) is 0 Å². The summed E-state index contributed by atoms with van der Waals surface area (Å²) in [5.41, 5.74) is 0.942. The van der Waals surface area contributed by atoms with Crippen molar-refractivity contribution in [3.05, 3.63) is 17.6 Å². The van der Waals surface area contributed by atoms with Gasteiger partial charge in [-0.3, -0.25) is 4.79 Å². The van der Waals surface area contributed by atoms with Gasteiger partial charge in [-0.25, -0.2) is 9.97 Å². The van der Waals surface area contributed by atoms with Crippen LogP contribution >= 0.6 is 12.4 Å². The van der Waals surface area contributed by atoms with E-state index in [1.165, 1.54) is 0 Å². The number of aryl methyl sites for hydroxylation is 2. The van der Waals surface area contributed by atoms with Crippen molar-refractivity contribution in [3.63, 3.8) is 0 Å². The Hall–Kier alpha value is -1.57. The molecule has 2 atom stereocenters. The molecular formula is C17H26ClF3N4O. The molecule has 1 aliphatic heterocycles. The molecule has 0 aliphatic carbocycles. The van der Waals surface area contributed by atoms with E-state index in [9.17, 15) is 18.0 Å². The van der Waals surface area contributed by atoms with Crippen molar-refractivity contribution in [1.29, 1.82) is 0 Å². The Morgan fingerprint density at radius 1 is 1.35 bits per heavy atom. The molecule has 0 radical (unpaired) electrons. The molecule has 1 aromatic rings. The van der Waals surface area contributed by atoms with Gasteiger partial charge in [-0.1, -0.05) is 13.8 Å². The number of hydrogen-bond acceptors (Lipinski definition) is 4. The van der Waals surface area contributed by atoms with Crippen LogP contribution in [0.3, 0.4) is 0 Å². The first-order valence-corrected chi connectivity index (χ1v) is 8.48. The largest absolute Gasteiger partial charge is 0.389 e. The van der Waals surface area contributed by atoms with Gasteiger partial charge >= 0.3 is 6.18 Å². The lowest BCUT2D eigenvalue weighted by atomic mass is 9.91. The van der Waals surface area contributed by atoms with Gasteiger partial charge in [-0.15, -0.1) is 12.4 Å². The molecule has 0 saturated carbocycles. The normalized spacial score (nSPS) is 20.2. The van der Waals surface area contributed by atoms with Crippen LogP contribution in [0.5, 0.6) is 0 Å². The predicted octanol–water partition coefficient (Wildman–Crippen LogP) is 3.43.